The molecule has 0 saturated heterocycles. The third-order valence-electron chi connectivity index (χ3n) is 13.8. The number of benzene rings is 9. The molecule has 0 bridgehead atoms. The molecule has 4 heterocycles. The van der Waals surface area contributed by atoms with Gasteiger partial charge in [-0.15, -0.1) is 11.3 Å². The van der Waals surface area contributed by atoms with Gasteiger partial charge in [-0.3, -0.25) is 0 Å². The van der Waals surface area contributed by atoms with Crippen LogP contribution in [-0.4, -0.2) is 15.0 Å². The molecule has 0 aliphatic heterocycles. The zero-order chi connectivity index (χ0) is 43.7. The summed E-state index contributed by atoms with van der Waals surface area (Å²) in [6.45, 7) is 4.65. The van der Waals surface area contributed by atoms with Crippen LogP contribution in [0.25, 0.3) is 132 Å². The summed E-state index contributed by atoms with van der Waals surface area (Å²) in [6, 6.07) is 66.6. The molecule has 1 aliphatic rings. The summed E-state index contributed by atoms with van der Waals surface area (Å²) in [7, 11) is 0. The maximum absolute atomic E-state index is 6.63. The van der Waals surface area contributed by atoms with E-state index in [4.69, 9.17) is 23.8 Å². The number of aromatic nitrogens is 3. The maximum atomic E-state index is 6.63. The minimum Gasteiger partial charge on any atom is -0.456 e. The summed E-state index contributed by atoms with van der Waals surface area (Å²) in [4.78, 5) is 16.1. The van der Waals surface area contributed by atoms with E-state index in [1.807, 2.05) is 42.5 Å². The van der Waals surface area contributed by atoms with E-state index in [0.29, 0.717) is 17.5 Å². The molecule has 9 aromatic carbocycles. The minimum absolute atomic E-state index is 0.0337. The third kappa shape index (κ3) is 5.49. The predicted molar refractivity (Wildman–Crippen MR) is 272 cm³/mol. The SMILES string of the molecule is CC1(C)c2ccccc2-c2cc(-c3cccc(-c4ccc5oc6cccc(-c7nc(-c8cccc9oc%10ccccc%10c89)nc(-c8cccc9sc%10ccccc%10c89)n7)c6c5c4)c3)ccc21. The summed E-state index contributed by atoms with van der Waals surface area (Å²) >= 11 is 1.79. The van der Waals surface area contributed by atoms with Gasteiger partial charge in [0.25, 0.3) is 0 Å². The number of para-hydroxylation sites is 1. The highest BCUT2D eigenvalue weighted by molar-refractivity contribution is 7.25. The molecule has 13 aromatic rings. The molecule has 0 unspecified atom stereocenters. The van der Waals surface area contributed by atoms with Crippen LogP contribution in [0.15, 0.2) is 197 Å². The number of fused-ring (bicyclic) bond motifs is 12. The van der Waals surface area contributed by atoms with Crippen LogP contribution in [0.1, 0.15) is 25.0 Å². The van der Waals surface area contributed by atoms with E-state index in [1.54, 1.807) is 11.3 Å². The van der Waals surface area contributed by atoms with Crippen molar-refractivity contribution >= 4 is 75.4 Å². The average molecular weight is 864 g/mol. The molecule has 0 N–H and O–H groups in total. The fraction of sp³-hybridized carbons (Fsp3) is 0.0500. The second-order valence-electron chi connectivity index (χ2n) is 17.9. The van der Waals surface area contributed by atoms with Crippen molar-refractivity contribution in [2.75, 3.05) is 0 Å². The molecule has 4 aromatic heterocycles. The van der Waals surface area contributed by atoms with Gasteiger partial charge in [0.1, 0.15) is 22.3 Å². The normalized spacial score (nSPS) is 13.1. The predicted octanol–water partition coefficient (Wildman–Crippen LogP) is 16.7. The lowest BCUT2D eigenvalue weighted by atomic mass is 9.82. The molecule has 1 aliphatic carbocycles. The Hall–Kier alpha value is -8.19. The first-order valence-electron chi connectivity index (χ1n) is 22.3. The van der Waals surface area contributed by atoms with E-state index < -0.39 is 0 Å². The summed E-state index contributed by atoms with van der Waals surface area (Å²) in [5, 5.41) is 6.27. The number of hydrogen-bond acceptors (Lipinski definition) is 6. The molecule has 0 amide bonds. The van der Waals surface area contributed by atoms with Crippen LogP contribution in [0.3, 0.4) is 0 Å². The molecule has 5 nitrogen and oxygen atoms in total. The van der Waals surface area contributed by atoms with Gasteiger partial charge in [-0.2, -0.15) is 0 Å². The molecule has 0 saturated carbocycles. The molecule has 0 atom stereocenters. The Bertz CT molecular complexity index is 4040. The van der Waals surface area contributed by atoms with Gasteiger partial charge < -0.3 is 8.83 Å². The highest BCUT2D eigenvalue weighted by Gasteiger charge is 2.35. The number of hydrogen-bond donors (Lipinski definition) is 0. The molecule has 310 valence electrons. The van der Waals surface area contributed by atoms with Gasteiger partial charge >= 0.3 is 0 Å². The molecule has 0 fully saturated rings. The van der Waals surface area contributed by atoms with Crippen molar-refractivity contribution in [1.82, 2.24) is 15.0 Å². The summed E-state index contributed by atoms with van der Waals surface area (Å²) in [6.07, 6.45) is 0. The Labute approximate surface area is 383 Å². The van der Waals surface area contributed by atoms with Gasteiger partial charge in [-0.25, -0.2) is 15.0 Å². The largest absolute Gasteiger partial charge is 0.456 e. The average Bonchev–Trinajstić information content (AvgIpc) is 4.11. The molecule has 0 radical (unpaired) electrons. The van der Waals surface area contributed by atoms with Crippen LogP contribution in [0.4, 0.5) is 0 Å². The Morgan fingerprint density at radius 1 is 0.348 bits per heavy atom. The second kappa shape index (κ2) is 13.9. The van der Waals surface area contributed by atoms with Crippen molar-refractivity contribution in [3.8, 4) is 67.5 Å². The van der Waals surface area contributed by atoms with Crippen LogP contribution in [-0.2, 0) is 5.41 Å². The van der Waals surface area contributed by atoms with Gasteiger partial charge in [0.15, 0.2) is 17.5 Å². The second-order valence-corrected chi connectivity index (χ2v) is 18.9. The van der Waals surface area contributed by atoms with Crippen molar-refractivity contribution in [3.05, 3.63) is 199 Å². The Balaban J connectivity index is 0.954. The first-order valence-corrected chi connectivity index (χ1v) is 23.1. The zero-order valence-corrected chi connectivity index (χ0v) is 36.8. The first kappa shape index (κ1) is 37.2. The number of nitrogens with zero attached hydrogens (tertiary/aromatic N) is 3. The lowest BCUT2D eigenvalue weighted by molar-refractivity contribution is 0.660. The zero-order valence-electron chi connectivity index (χ0n) is 36.0. The van der Waals surface area contributed by atoms with E-state index in [0.717, 1.165) is 77.1 Å². The van der Waals surface area contributed by atoms with Crippen LogP contribution in [0.2, 0.25) is 0 Å². The smallest absolute Gasteiger partial charge is 0.164 e. The monoisotopic (exact) mass is 863 g/mol. The molecular weight excluding hydrogens is 827 g/mol. The number of furan rings is 2. The van der Waals surface area contributed by atoms with E-state index >= 15 is 0 Å². The van der Waals surface area contributed by atoms with Crippen LogP contribution in [0, 0.1) is 0 Å². The van der Waals surface area contributed by atoms with Crippen molar-refractivity contribution < 1.29 is 8.83 Å². The summed E-state index contributed by atoms with van der Waals surface area (Å²) in [5.41, 5.74) is 15.9. The molecule has 0 spiro atoms. The molecule has 14 rings (SSSR count). The lowest BCUT2D eigenvalue weighted by Crippen LogP contribution is -2.14. The highest BCUT2D eigenvalue weighted by atomic mass is 32.1. The quantitative estimate of drug-likeness (QED) is 0.172. The van der Waals surface area contributed by atoms with Crippen molar-refractivity contribution in [2.24, 2.45) is 0 Å². The number of thiophene rings is 1. The summed E-state index contributed by atoms with van der Waals surface area (Å²) < 4.78 is 15.4. The van der Waals surface area contributed by atoms with Gasteiger partial charge in [0.05, 0.1) is 0 Å². The fourth-order valence-corrected chi connectivity index (χ4v) is 11.8. The maximum Gasteiger partial charge on any atom is 0.164 e. The van der Waals surface area contributed by atoms with E-state index in [1.165, 1.54) is 48.2 Å². The standard InChI is InChI=1S/C60H37N3O2S/c1-60(2)46-21-6-3-15-38(46)44-32-36(27-29-47(44)60)34-13-9-14-35(31-34)37-28-30-49-45(33-37)55-42(19-11-24-51(55)65-49)58-61-57(41-18-10-23-50-54(41)39-16-4-7-22-48(39)64-50)62-59(63-58)43-20-12-26-53-56(43)40-17-5-8-25-52(40)66-53/h3-33H,1-2H3. The van der Waals surface area contributed by atoms with Crippen molar-refractivity contribution in [2.45, 2.75) is 19.3 Å². The van der Waals surface area contributed by atoms with E-state index in [9.17, 15) is 0 Å². The highest BCUT2D eigenvalue weighted by Crippen LogP contribution is 2.50. The minimum atomic E-state index is -0.0337. The van der Waals surface area contributed by atoms with Crippen LogP contribution < -0.4 is 0 Å². The first-order chi connectivity index (χ1) is 32.4. The topological polar surface area (TPSA) is 65.0 Å². The lowest BCUT2D eigenvalue weighted by Gasteiger charge is -2.21. The fourth-order valence-electron chi connectivity index (χ4n) is 10.6. The van der Waals surface area contributed by atoms with E-state index in [2.05, 4.69) is 159 Å². The third-order valence-corrected chi connectivity index (χ3v) is 14.9. The number of rotatable bonds is 5. The van der Waals surface area contributed by atoms with Crippen molar-refractivity contribution in [3.63, 3.8) is 0 Å². The van der Waals surface area contributed by atoms with Crippen LogP contribution in [0.5, 0.6) is 0 Å². The van der Waals surface area contributed by atoms with Gasteiger partial charge in [-0.1, -0.05) is 147 Å². The van der Waals surface area contributed by atoms with Crippen molar-refractivity contribution in [1.29, 1.82) is 0 Å². The Morgan fingerprint density at radius 2 is 0.848 bits per heavy atom. The van der Waals surface area contributed by atoms with Crippen LogP contribution >= 0.6 is 11.3 Å². The molecule has 6 heteroatoms. The summed E-state index contributed by atoms with van der Waals surface area (Å²) in [5.74, 6) is 1.75. The van der Waals surface area contributed by atoms with E-state index in [-0.39, 0.29) is 5.41 Å². The Kier molecular flexibility index (Phi) is 7.84. The van der Waals surface area contributed by atoms with Gasteiger partial charge in [0.2, 0.25) is 0 Å². The van der Waals surface area contributed by atoms with Gasteiger partial charge in [-0.05, 0) is 99.1 Å². The van der Waals surface area contributed by atoms with Gasteiger partial charge in [0, 0.05) is 63.8 Å². The molecule has 66 heavy (non-hydrogen) atoms. The Morgan fingerprint density at radius 3 is 1.61 bits per heavy atom. The molecular formula is C60H37N3O2S.